The molecule has 0 saturated heterocycles. The lowest BCUT2D eigenvalue weighted by Gasteiger charge is -2.26. The minimum absolute atomic E-state index is 0.0271. The second-order valence-electron chi connectivity index (χ2n) is 8.47. The highest BCUT2D eigenvalue weighted by Gasteiger charge is 2.27. The molecule has 1 saturated carbocycles. The standard InChI is InChI=1S/C24H46O3/c1-3-4-5-6-7-8-9-10-11-12-13-14-15-16-21-27-24(25)22-17-19-23(26-2)20-18-22/h22-23H,3-21H2,1-2H3. The van der Waals surface area contributed by atoms with E-state index in [0.29, 0.717) is 12.7 Å². The average Bonchev–Trinajstić information content (AvgIpc) is 2.70. The highest BCUT2D eigenvalue weighted by molar-refractivity contribution is 5.72. The lowest BCUT2D eigenvalue weighted by Crippen LogP contribution is -2.27. The van der Waals surface area contributed by atoms with E-state index in [1.165, 1.54) is 83.5 Å². The van der Waals surface area contributed by atoms with Gasteiger partial charge in [-0.15, -0.1) is 0 Å². The van der Waals surface area contributed by atoms with Crippen LogP contribution in [0.2, 0.25) is 0 Å². The van der Waals surface area contributed by atoms with Gasteiger partial charge >= 0.3 is 5.97 Å². The lowest BCUT2D eigenvalue weighted by molar-refractivity contribution is -0.150. The van der Waals surface area contributed by atoms with Gasteiger partial charge in [-0.25, -0.2) is 0 Å². The third-order valence-corrected chi connectivity index (χ3v) is 6.08. The summed E-state index contributed by atoms with van der Waals surface area (Å²) in [5, 5.41) is 0. The smallest absolute Gasteiger partial charge is 0.308 e. The van der Waals surface area contributed by atoms with Crippen molar-refractivity contribution in [2.75, 3.05) is 13.7 Å². The average molecular weight is 383 g/mol. The van der Waals surface area contributed by atoms with Crippen molar-refractivity contribution < 1.29 is 14.3 Å². The van der Waals surface area contributed by atoms with Crippen molar-refractivity contribution in [1.29, 1.82) is 0 Å². The predicted octanol–water partition coefficient (Wildman–Crippen LogP) is 7.22. The molecule has 0 aromatic heterocycles. The molecule has 0 heterocycles. The molecular weight excluding hydrogens is 336 g/mol. The van der Waals surface area contributed by atoms with Crippen LogP contribution in [0.3, 0.4) is 0 Å². The van der Waals surface area contributed by atoms with Gasteiger partial charge in [-0.05, 0) is 32.1 Å². The van der Waals surface area contributed by atoms with Crippen LogP contribution >= 0.6 is 0 Å². The van der Waals surface area contributed by atoms with Crippen LogP contribution in [0.15, 0.2) is 0 Å². The van der Waals surface area contributed by atoms with Crippen LogP contribution in [0.5, 0.6) is 0 Å². The molecule has 0 spiro atoms. The first-order valence-electron chi connectivity index (χ1n) is 12.0. The van der Waals surface area contributed by atoms with Gasteiger partial charge in [0, 0.05) is 7.11 Å². The topological polar surface area (TPSA) is 35.5 Å². The predicted molar refractivity (Wildman–Crippen MR) is 114 cm³/mol. The van der Waals surface area contributed by atoms with Crippen molar-refractivity contribution in [1.82, 2.24) is 0 Å². The van der Waals surface area contributed by atoms with Gasteiger partial charge in [-0.1, -0.05) is 90.4 Å². The molecule has 0 bridgehead atoms. The van der Waals surface area contributed by atoms with E-state index in [-0.39, 0.29) is 11.9 Å². The van der Waals surface area contributed by atoms with E-state index in [4.69, 9.17) is 9.47 Å². The van der Waals surface area contributed by atoms with Gasteiger partial charge in [0.25, 0.3) is 0 Å². The van der Waals surface area contributed by atoms with Crippen LogP contribution in [0.1, 0.15) is 122 Å². The number of carbonyl (C=O) groups is 1. The number of rotatable bonds is 17. The van der Waals surface area contributed by atoms with Gasteiger partial charge in [-0.2, -0.15) is 0 Å². The SMILES string of the molecule is CCCCCCCCCCCCCCCCOC(=O)C1CCC(OC)CC1. The Labute approximate surface area is 169 Å². The van der Waals surface area contributed by atoms with E-state index in [1.54, 1.807) is 7.11 Å². The largest absolute Gasteiger partial charge is 0.465 e. The number of carbonyl (C=O) groups excluding carboxylic acids is 1. The van der Waals surface area contributed by atoms with Crippen LogP contribution in [-0.4, -0.2) is 25.8 Å². The van der Waals surface area contributed by atoms with Crippen LogP contribution in [-0.2, 0) is 14.3 Å². The van der Waals surface area contributed by atoms with E-state index in [0.717, 1.165) is 32.1 Å². The Balaban J connectivity index is 1.78. The van der Waals surface area contributed by atoms with E-state index in [9.17, 15) is 4.79 Å². The molecule has 3 nitrogen and oxygen atoms in total. The van der Waals surface area contributed by atoms with Crippen molar-refractivity contribution in [3.8, 4) is 0 Å². The van der Waals surface area contributed by atoms with Gasteiger partial charge in [0.2, 0.25) is 0 Å². The summed E-state index contributed by atoms with van der Waals surface area (Å²) in [5.41, 5.74) is 0. The summed E-state index contributed by atoms with van der Waals surface area (Å²) in [5.74, 6) is 0.141. The summed E-state index contributed by atoms with van der Waals surface area (Å²) >= 11 is 0. The number of unbranched alkanes of at least 4 members (excludes halogenated alkanes) is 13. The molecule has 0 aliphatic heterocycles. The number of esters is 1. The zero-order valence-corrected chi connectivity index (χ0v) is 18.3. The number of methoxy groups -OCH3 is 1. The molecule has 0 aromatic rings. The normalized spacial score (nSPS) is 19.9. The molecule has 0 aromatic carbocycles. The quantitative estimate of drug-likeness (QED) is 0.197. The minimum atomic E-state index is 0.0271. The third kappa shape index (κ3) is 13.3. The number of hydrogen-bond acceptors (Lipinski definition) is 3. The fraction of sp³-hybridized carbons (Fsp3) is 0.958. The zero-order valence-electron chi connectivity index (χ0n) is 18.3. The van der Waals surface area contributed by atoms with Crippen molar-refractivity contribution in [3.05, 3.63) is 0 Å². The van der Waals surface area contributed by atoms with Gasteiger partial charge in [-0.3, -0.25) is 4.79 Å². The maximum atomic E-state index is 12.1. The molecule has 1 aliphatic carbocycles. The Morgan fingerprint density at radius 3 is 1.59 bits per heavy atom. The first-order chi connectivity index (χ1) is 13.3. The molecule has 27 heavy (non-hydrogen) atoms. The summed E-state index contributed by atoms with van der Waals surface area (Å²) in [6.07, 6.45) is 23.1. The Morgan fingerprint density at radius 1 is 0.704 bits per heavy atom. The van der Waals surface area contributed by atoms with E-state index < -0.39 is 0 Å². The van der Waals surface area contributed by atoms with Crippen molar-refractivity contribution in [2.45, 2.75) is 129 Å². The monoisotopic (exact) mass is 382 g/mol. The summed E-state index contributed by atoms with van der Waals surface area (Å²) in [6.45, 7) is 2.89. The molecule has 1 aliphatic rings. The van der Waals surface area contributed by atoms with E-state index in [2.05, 4.69) is 6.92 Å². The molecule has 0 radical (unpaired) electrons. The summed E-state index contributed by atoms with van der Waals surface area (Å²) in [6, 6.07) is 0. The summed E-state index contributed by atoms with van der Waals surface area (Å²) in [4.78, 5) is 12.1. The van der Waals surface area contributed by atoms with Crippen LogP contribution in [0.25, 0.3) is 0 Å². The Hall–Kier alpha value is -0.570. The zero-order chi connectivity index (χ0) is 19.6. The lowest BCUT2D eigenvalue weighted by atomic mass is 9.87. The molecule has 160 valence electrons. The molecular formula is C24H46O3. The molecule has 1 fully saturated rings. The summed E-state index contributed by atoms with van der Waals surface area (Å²) < 4.78 is 10.8. The van der Waals surface area contributed by atoms with Gasteiger partial charge in [0.15, 0.2) is 0 Å². The molecule has 0 unspecified atom stereocenters. The number of ether oxygens (including phenoxy) is 2. The maximum Gasteiger partial charge on any atom is 0.308 e. The Bertz CT molecular complexity index is 335. The molecule has 0 N–H and O–H groups in total. The Morgan fingerprint density at radius 2 is 1.15 bits per heavy atom. The molecule has 0 amide bonds. The van der Waals surface area contributed by atoms with Gasteiger partial charge in [0.05, 0.1) is 18.6 Å². The first kappa shape index (κ1) is 24.5. The fourth-order valence-electron chi connectivity index (χ4n) is 4.12. The highest BCUT2D eigenvalue weighted by atomic mass is 16.5. The molecule has 1 rings (SSSR count). The van der Waals surface area contributed by atoms with E-state index >= 15 is 0 Å². The Kier molecular flexibility index (Phi) is 15.9. The highest BCUT2D eigenvalue weighted by Crippen LogP contribution is 2.26. The van der Waals surface area contributed by atoms with Crippen LogP contribution in [0, 0.1) is 5.92 Å². The van der Waals surface area contributed by atoms with Crippen molar-refractivity contribution in [3.63, 3.8) is 0 Å². The minimum Gasteiger partial charge on any atom is -0.465 e. The second-order valence-corrected chi connectivity index (χ2v) is 8.47. The van der Waals surface area contributed by atoms with Gasteiger partial charge in [0.1, 0.15) is 0 Å². The molecule has 0 atom stereocenters. The maximum absolute atomic E-state index is 12.1. The van der Waals surface area contributed by atoms with Gasteiger partial charge < -0.3 is 9.47 Å². The van der Waals surface area contributed by atoms with Crippen LogP contribution < -0.4 is 0 Å². The van der Waals surface area contributed by atoms with Crippen LogP contribution in [0.4, 0.5) is 0 Å². The summed E-state index contributed by atoms with van der Waals surface area (Å²) in [7, 11) is 1.76. The molecule has 3 heteroatoms. The second kappa shape index (κ2) is 17.5. The first-order valence-corrected chi connectivity index (χ1v) is 12.0. The third-order valence-electron chi connectivity index (χ3n) is 6.08. The van der Waals surface area contributed by atoms with Crippen molar-refractivity contribution in [2.24, 2.45) is 5.92 Å². The number of hydrogen-bond donors (Lipinski definition) is 0. The van der Waals surface area contributed by atoms with Crippen molar-refractivity contribution >= 4 is 5.97 Å². The fourth-order valence-corrected chi connectivity index (χ4v) is 4.12. The van der Waals surface area contributed by atoms with E-state index in [1.807, 2.05) is 0 Å².